The van der Waals surface area contributed by atoms with Gasteiger partial charge in [0.15, 0.2) is 0 Å². The van der Waals surface area contributed by atoms with Gasteiger partial charge in [0.05, 0.1) is 0 Å². The second-order valence-corrected chi connectivity index (χ2v) is 2.61. The van der Waals surface area contributed by atoms with E-state index in [4.69, 9.17) is 0 Å². The molecule has 0 fully saturated rings. The van der Waals surface area contributed by atoms with Crippen molar-refractivity contribution >= 4 is 0 Å². The van der Waals surface area contributed by atoms with E-state index in [0.29, 0.717) is 0 Å². The molecule has 1 aliphatic carbocycles. The summed E-state index contributed by atoms with van der Waals surface area (Å²) in [7, 11) is 0. The first-order valence-electron chi connectivity index (χ1n) is 3.88. The van der Waals surface area contributed by atoms with Crippen LogP contribution in [0.25, 0.3) is 0 Å². The fourth-order valence-corrected chi connectivity index (χ4v) is 0.875. The SMILES string of the molecule is CC1=CC=CC1.[CH3-].[Rh+2].c1cc[cH-]c1. The molecule has 1 aromatic rings. The molecule has 73 valence electrons. The van der Waals surface area contributed by atoms with Gasteiger partial charge in [0.1, 0.15) is 0 Å². The maximum Gasteiger partial charge on any atom is 2.00 e. The summed E-state index contributed by atoms with van der Waals surface area (Å²) in [5, 5.41) is 0. The van der Waals surface area contributed by atoms with Crippen molar-refractivity contribution in [3.05, 3.63) is 61.6 Å². The van der Waals surface area contributed by atoms with Crippen molar-refractivity contribution < 1.29 is 19.5 Å². The molecule has 0 nitrogen and oxygen atoms in total. The molecule has 1 radical (unpaired) electrons. The summed E-state index contributed by atoms with van der Waals surface area (Å²) in [6.07, 6.45) is 7.56. The van der Waals surface area contributed by atoms with E-state index in [0.717, 1.165) is 0 Å². The van der Waals surface area contributed by atoms with E-state index in [9.17, 15) is 0 Å². The third-order valence-electron chi connectivity index (χ3n) is 1.51. The fraction of sp³-hybridized carbons (Fsp3) is 0.167. The number of allylic oxidation sites excluding steroid dienone is 4. The van der Waals surface area contributed by atoms with Crippen LogP contribution in [-0.4, -0.2) is 0 Å². The first-order valence-corrected chi connectivity index (χ1v) is 3.88. The summed E-state index contributed by atoms with van der Waals surface area (Å²) < 4.78 is 0. The van der Waals surface area contributed by atoms with Gasteiger partial charge in [-0.1, -0.05) is 23.8 Å². The second-order valence-electron chi connectivity index (χ2n) is 2.61. The molecule has 1 heteroatoms. The predicted molar refractivity (Wildman–Crippen MR) is 56.0 cm³/mol. The van der Waals surface area contributed by atoms with E-state index in [1.165, 1.54) is 12.0 Å². The van der Waals surface area contributed by atoms with E-state index in [2.05, 4.69) is 25.2 Å². The minimum atomic E-state index is 0. The minimum Gasteiger partial charge on any atom is -0.358 e. The Morgan fingerprint density at radius 3 is 2.00 bits per heavy atom. The van der Waals surface area contributed by atoms with Gasteiger partial charge in [-0.2, -0.15) is 18.2 Å². The summed E-state index contributed by atoms with van der Waals surface area (Å²) in [5.74, 6) is 0. The second kappa shape index (κ2) is 9.54. The smallest absolute Gasteiger partial charge is 0.358 e. The summed E-state index contributed by atoms with van der Waals surface area (Å²) >= 11 is 0. The van der Waals surface area contributed by atoms with Crippen molar-refractivity contribution in [2.75, 3.05) is 0 Å². The van der Waals surface area contributed by atoms with Gasteiger partial charge >= 0.3 is 19.5 Å². The minimum absolute atomic E-state index is 0. The first-order chi connectivity index (χ1) is 5.39. The Morgan fingerprint density at radius 2 is 1.85 bits per heavy atom. The van der Waals surface area contributed by atoms with Crippen molar-refractivity contribution in [3.8, 4) is 0 Å². The van der Waals surface area contributed by atoms with Crippen molar-refractivity contribution in [1.29, 1.82) is 0 Å². The summed E-state index contributed by atoms with van der Waals surface area (Å²) in [4.78, 5) is 0. The van der Waals surface area contributed by atoms with Crippen LogP contribution >= 0.6 is 0 Å². The quantitative estimate of drug-likeness (QED) is 0.494. The molecule has 0 amide bonds. The zero-order valence-corrected chi connectivity index (χ0v) is 9.80. The monoisotopic (exact) mass is 263 g/mol. The Bertz CT molecular complexity index is 212. The molecule has 0 heterocycles. The summed E-state index contributed by atoms with van der Waals surface area (Å²) in [6.45, 7) is 2.14. The maximum atomic E-state index is 2.16. The number of hydrogen-bond donors (Lipinski definition) is 0. The van der Waals surface area contributed by atoms with E-state index in [-0.39, 0.29) is 26.9 Å². The zero-order chi connectivity index (χ0) is 7.94. The fourth-order valence-electron chi connectivity index (χ4n) is 0.875. The number of rotatable bonds is 0. The molecule has 0 atom stereocenters. The van der Waals surface area contributed by atoms with E-state index < -0.39 is 0 Å². The Morgan fingerprint density at radius 1 is 1.23 bits per heavy atom. The summed E-state index contributed by atoms with van der Waals surface area (Å²) in [5.41, 5.74) is 1.47. The van der Waals surface area contributed by atoms with Crippen LogP contribution < -0.4 is 0 Å². The van der Waals surface area contributed by atoms with Crippen LogP contribution in [-0.2, 0) is 19.5 Å². The molecule has 0 saturated heterocycles. The molecule has 0 bridgehead atoms. The van der Waals surface area contributed by atoms with Gasteiger partial charge < -0.3 is 7.43 Å². The topological polar surface area (TPSA) is 0 Å². The molecule has 0 unspecified atom stereocenters. The van der Waals surface area contributed by atoms with Crippen molar-refractivity contribution in [2.45, 2.75) is 13.3 Å². The third-order valence-corrected chi connectivity index (χ3v) is 1.51. The average Bonchev–Trinajstić information content (AvgIpc) is 2.57. The number of hydrogen-bond acceptors (Lipinski definition) is 0. The molecular weight excluding hydrogens is 247 g/mol. The average molecular weight is 263 g/mol. The van der Waals surface area contributed by atoms with Gasteiger partial charge in [-0.05, 0) is 13.3 Å². The molecular formula is C12H16Rh. The normalized spacial score (nSPS) is 11.6. The van der Waals surface area contributed by atoms with E-state index >= 15 is 0 Å². The van der Waals surface area contributed by atoms with Gasteiger partial charge in [-0.3, -0.25) is 0 Å². The maximum absolute atomic E-state index is 2.16. The van der Waals surface area contributed by atoms with Crippen LogP contribution in [0, 0.1) is 7.43 Å². The van der Waals surface area contributed by atoms with Crippen LogP contribution in [0.4, 0.5) is 0 Å². The Hall–Kier alpha value is -0.547. The predicted octanol–water partition coefficient (Wildman–Crippen LogP) is 3.75. The van der Waals surface area contributed by atoms with Crippen molar-refractivity contribution in [2.24, 2.45) is 0 Å². The van der Waals surface area contributed by atoms with Crippen LogP contribution in [0.3, 0.4) is 0 Å². The molecule has 0 N–H and O–H groups in total. The van der Waals surface area contributed by atoms with Crippen LogP contribution in [0.2, 0.25) is 0 Å². The van der Waals surface area contributed by atoms with Gasteiger partial charge in [-0.15, -0.1) is 0 Å². The molecule has 0 aliphatic heterocycles. The van der Waals surface area contributed by atoms with E-state index in [1.807, 2.05) is 30.3 Å². The van der Waals surface area contributed by atoms with Crippen LogP contribution in [0.1, 0.15) is 13.3 Å². The molecule has 0 spiro atoms. The summed E-state index contributed by atoms with van der Waals surface area (Å²) in [6, 6.07) is 10.0. The van der Waals surface area contributed by atoms with Crippen LogP contribution in [0.5, 0.6) is 0 Å². The molecule has 13 heavy (non-hydrogen) atoms. The molecule has 1 aromatic carbocycles. The van der Waals surface area contributed by atoms with Gasteiger partial charge in [0.2, 0.25) is 0 Å². The standard InChI is InChI=1S/C6H8.C5H5.CH3.Rh/c1-6-4-2-3-5-6;1-2-4-5-3-1;;/h2-4H,5H2,1H3;1-5H;1H3;/q;2*-1;+2. The third kappa shape index (κ3) is 7.80. The molecule has 2 rings (SSSR count). The van der Waals surface area contributed by atoms with Gasteiger partial charge in [-0.25, -0.2) is 12.1 Å². The van der Waals surface area contributed by atoms with E-state index in [1.54, 1.807) is 0 Å². The van der Waals surface area contributed by atoms with Crippen molar-refractivity contribution in [1.82, 2.24) is 0 Å². The molecule has 0 saturated carbocycles. The van der Waals surface area contributed by atoms with Gasteiger partial charge in [0, 0.05) is 0 Å². The molecule has 0 aromatic heterocycles. The zero-order valence-electron chi connectivity index (χ0n) is 8.16. The Labute approximate surface area is 94.5 Å². The Kier molecular flexibility index (Phi) is 11.0. The van der Waals surface area contributed by atoms with Crippen molar-refractivity contribution in [3.63, 3.8) is 0 Å². The largest absolute Gasteiger partial charge is 2.00 e. The van der Waals surface area contributed by atoms with Gasteiger partial charge in [0.25, 0.3) is 0 Å². The molecule has 1 aliphatic rings. The van der Waals surface area contributed by atoms with Crippen LogP contribution in [0.15, 0.2) is 54.1 Å². The first kappa shape index (κ1) is 14.9. The Balaban J connectivity index is 0.